The van der Waals surface area contributed by atoms with Gasteiger partial charge >= 0.3 is 6.01 Å². The quantitative estimate of drug-likeness (QED) is 0.917. The fourth-order valence-electron chi connectivity index (χ4n) is 1.16. The van der Waals surface area contributed by atoms with E-state index in [1.807, 2.05) is 0 Å². The van der Waals surface area contributed by atoms with Crippen molar-refractivity contribution in [3.05, 3.63) is 33.5 Å². The summed E-state index contributed by atoms with van der Waals surface area (Å²) in [6.45, 7) is 1.58. The molecule has 2 rings (SSSR count). The Bertz CT molecular complexity index is 686. The molecule has 0 saturated carbocycles. The van der Waals surface area contributed by atoms with E-state index in [0.29, 0.717) is 15.3 Å². The maximum Gasteiger partial charge on any atom is 0.335 e. The Morgan fingerprint density at radius 1 is 1.44 bits per heavy atom. The number of anilines is 1. The lowest BCUT2D eigenvalue weighted by atomic mass is 10.4. The molecule has 0 aliphatic rings. The van der Waals surface area contributed by atoms with E-state index in [4.69, 9.17) is 11.6 Å². The van der Waals surface area contributed by atoms with Gasteiger partial charge in [0.2, 0.25) is 0 Å². The van der Waals surface area contributed by atoms with Crippen LogP contribution in [0.4, 0.5) is 6.01 Å². The van der Waals surface area contributed by atoms with E-state index in [-0.39, 0.29) is 10.9 Å². The van der Waals surface area contributed by atoms with Gasteiger partial charge in [-0.3, -0.25) is 0 Å². The van der Waals surface area contributed by atoms with Gasteiger partial charge in [-0.15, -0.1) is 0 Å². The van der Waals surface area contributed by atoms with Crippen molar-refractivity contribution in [2.75, 3.05) is 4.72 Å². The molecule has 0 radical (unpaired) electrons. The van der Waals surface area contributed by atoms with Crippen molar-refractivity contribution in [3.63, 3.8) is 0 Å². The van der Waals surface area contributed by atoms with Gasteiger partial charge in [0.05, 0.1) is 9.92 Å². The average Bonchev–Trinajstić information content (AvgIpc) is 2.67. The van der Waals surface area contributed by atoms with Gasteiger partial charge in [-0.25, -0.2) is 13.1 Å². The normalized spacial score (nSPS) is 11.5. The first kappa shape index (κ1) is 13.3. The number of benzene rings is 1. The minimum Gasteiger partial charge on any atom is -0.314 e. The van der Waals surface area contributed by atoms with Crippen LogP contribution in [0, 0.1) is 6.92 Å². The van der Waals surface area contributed by atoms with E-state index in [0.717, 1.165) is 0 Å². The zero-order valence-electron chi connectivity index (χ0n) is 9.02. The van der Waals surface area contributed by atoms with Gasteiger partial charge in [0.15, 0.2) is 5.82 Å². The number of nitrogens with zero attached hydrogens (tertiary/aromatic N) is 2. The fraction of sp³-hybridized carbons (Fsp3) is 0.111. The van der Waals surface area contributed by atoms with Gasteiger partial charge in [0.1, 0.15) is 0 Å². The van der Waals surface area contributed by atoms with Crippen LogP contribution in [0.3, 0.4) is 0 Å². The second kappa shape index (κ2) is 4.87. The lowest BCUT2D eigenvalue weighted by Gasteiger charge is -2.04. The summed E-state index contributed by atoms with van der Waals surface area (Å²) >= 11 is 8.94. The molecule has 9 heteroatoms. The monoisotopic (exact) mass is 351 g/mol. The average molecular weight is 353 g/mol. The van der Waals surface area contributed by atoms with Crippen molar-refractivity contribution in [3.8, 4) is 0 Å². The van der Waals surface area contributed by atoms with Gasteiger partial charge in [0.25, 0.3) is 10.0 Å². The van der Waals surface area contributed by atoms with Crippen LogP contribution in [0.1, 0.15) is 5.82 Å². The number of sulfonamides is 1. The Kier molecular flexibility index (Phi) is 3.60. The summed E-state index contributed by atoms with van der Waals surface area (Å²) in [5.41, 5.74) is 0. The lowest BCUT2D eigenvalue weighted by Crippen LogP contribution is -2.13. The number of rotatable bonds is 3. The maximum atomic E-state index is 12.0. The molecule has 1 aromatic carbocycles. The summed E-state index contributed by atoms with van der Waals surface area (Å²) in [7, 11) is -3.77. The van der Waals surface area contributed by atoms with Crippen LogP contribution < -0.4 is 4.72 Å². The summed E-state index contributed by atoms with van der Waals surface area (Å²) in [4.78, 5) is 3.79. The molecule has 0 spiro atoms. The molecule has 1 N–H and O–H groups in total. The van der Waals surface area contributed by atoms with Crippen LogP contribution in [0.2, 0.25) is 5.02 Å². The van der Waals surface area contributed by atoms with E-state index in [2.05, 4.69) is 35.3 Å². The predicted octanol–water partition coefficient (Wildman–Crippen LogP) is 2.59. The Hall–Kier alpha value is -1.12. The summed E-state index contributed by atoms with van der Waals surface area (Å²) < 4.78 is 31.3. The van der Waals surface area contributed by atoms with E-state index < -0.39 is 10.0 Å². The van der Waals surface area contributed by atoms with Crippen LogP contribution in [0.5, 0.6) is 0 Å². The van der Waals surface area contributed by atoms with Crippen LogP contribution in [-0.4, -0.2) is 18.6 Å². The lowest BCUT2D eigenvalue weighted by molar-refractivity contribution is 0.429. The molecule has 0 bridgehead atoms. The Morgan fingerprint density at radius 3 is 2.72 bits per heavy atom. The molecular weight excluding hydrogens is 346 g/mol. The Labute approximate surface area is 117 Å². The molecule has 0 saturated heterocycles. The number of aryl methyl sites for hydroxylation is 1. The molecule has 0 aliphatic carbocycles. The smallest absolute Gasteiger partial charge is 0.314 e. The molecule has 1 heterocycles. The van der Waals surface area contributed by atoms with Crippen molar-refractivity contribution in [2.45, 2.75) is 11.8 Å². The molecule has 18 heavy (non-hydrogen) atoms. The third kappa shape index (κ3) is 2.82. The van der Waals surface area contributed by atoms with Crippen molar-refractivity contribution in [1.29, 1.82) is 0 Å². The molecule has 0 fully saturated rings. The first-order valence-electron chi connectivity index (χ1n) is 4.67. The summed E-state index contributed by atoms with van der Waals surface area (Å²) in [5.74, 6) is 0.338. The molecule has 6 nitrogen and oxygen atoms in total. The van der Waals surface area contributed by atoms with Crippen LogP contribution in [0.15, 0.2) is 32.1 Å². The third-order valence-corrected chi connectivity index (χ3v) is 4.48. The fourth-order valence-corrected chi connectivity index (χ4v) is 2.76. The second-order valence-corrected chi connectivity index (χ2v) is 6.27. The summed E-state index contributed by atoms with van der Waals surface area (Å²) in [5, 5.41) is 3.90. The van der Waals surface area contributed by atoms with Crippen molar-refractivity contribution >= 4 is 43.6 Å². The van der Waals surface area contributed by atoms with E-state index in [1.54, 1.807) is 6.92 Å². The molecule has 96 valence electrons. The molecule has 1 aromatic heterocycles. The van der Waals surface area contributed by atoms with Gasteiger partial charge in [-0.05, 0) is 41.1 Å². The molecule has 2 aromatic rings. The van der Waals surface area contributed by atoms with Crippen molar-refractivity contribution in [2.24, 2.45) is 0 Å². The highest BCUT2D eigenvalue weighted by molar-refractivity contribution is 9.10. The largest absolute Gasteiger partial charge is 0.335 e. The first-order chi connectivity index (χ1) is 8.38. The molecule has 0 atom stereocenters. The second-order valence-electron chi connectivity index (χ2n) is 3.33. The predicted molar refractivity (Wildman–Crippen MR) is 69.0 cm³/mol. The van der Waals surface area contributed by atoms with Gasteiger partial charge in [-0.2, -0.15) is 4.98 Å². The van der Waals surface area contributed by atoms with Crippen molar-refractivity contribution in [1.82, 2.24) is 10.1 Å². The number of nitrogens with one attached hydrogen (secondary N) is 1. The number of aromatic nitrogens is 2. The minimum absolute atomic E-state index is 0.0367. The van der Waals surface area contributed by atoms with Crippen LogP contribution in [-0.2, 0) is 10.0 Å². The van der Waals surface area contributed by atoms with Crippen LogP contribution in [0.25, 0.3) is 0 Å². The van der Waals surface area contributed by atoms with E-state index >= 15 is 0 Å². The zero-order chi connectivity index (χ0) is 13.3. The minimum atomic E-state index is -3.77. The van der Waals surface area contributed by atoms with Gasteiger partial charge in [-0.1, -0.05) is 16.8 Å². The van der Waals surface area contributed by atoms with Gasteiger partial charge < -0.3 is 4.52 Å². The number of hydrogen-bond donors (Lipinski definition) is 1. The van der Waals surface area contributed by atoms with Crippen molar-refractivity contribution < 1.29 is 12.9 Å². The zero-order valence-corrected chi connectivity index (χ0v) is 12.2. The first-order valence-corrected chi connectivity index (χ1v) is 7.32. The Balaban J connectivity index is 2.33. The van der Waals surface area contributed by atoms with E-state index in [1.165, 1.54) is 18.2 Å². The molecule has 0 unspecified atom stereocenters. The maximum absolute atomic E-state index is 12.0. The highest BCUT2D eigenvalue weighted by Crippen LogP contribution is 2.26. The van der Waals surface area contributed by atoms with E-state index in [9.17, 15) is 8.42 Å². The van der Waals surface area contributed by atoms with Gasteiger partial charge in [0, 0.05) is 4.47 Å². The SMILES string of the molecule is Cc1noc(NS(=O)(=O)c2ccc(Cl)c(Br)c2)n1. The molecule has 0 aliphatic heterocycles. The topological polar surface area (TPSA) is 85.1 Å². The highest BCUT2D eigenvalue weighted by atomic mass is 79.9. The number of hydrogen-bond acceptors (Lipinski definition) is 5. The molecule has 0 amide bonds. The standard InChI is InChI=1S/C9H7BrClN3O3S/c1-5-12-9(17-13-5)14-18(15,16)6-2-3-8(11)7(10)4-6/h2-4H,1H3,(H,12,13,14). The highest BCUT2D eigenvalue weighted by Gasteiger charge is 2.18. The summed E-state index contributed by atoms with van der Waals surface area (Å²) in [6.07, 6.45) is 0. The number of halogens is 2. The molecular formula is C9H7BrClN3O3S. The third-order valence-electron chi connectivity index (χ3n) is 1.95. The Morgan fingerprint density at radius 2 is 2.17 bits per heavy atom. The van der Waals surface area contributed by atoms with Crippen LogP contribution >= 0.6 is 27.5 Å². The summed E-state index contributed by atoms with van der Waals surface area (Å²) in [6, 6.07) is 4.05.